The Labute approximate surface area is 436 Å². The van der Waals surface area contributed by atoms with E-state index in [4.69, 9.17) is 14.2 Å². The van der Waals surface area contributed by atoms with Crippen molar-refractivity contribution in [2.75, 3.05) is 13.2 Å². The lowest BCUT2D eigenvalue weighted by atomic mass is 9.99. The molecular formula is C61H99NO10. The maximum absolute atomic E-state index is 13.3. The standard InChI is InChI=1S/C61H99NO10/c1-4-7-10-13-16-19-22-25-27-28-29-31-34-37-40-43-46-49-56(66)72-59-58(68)57(67)55(50-63)71-61(59)70-51-52(53(64)47-44-41-38-35-32-24-21-18-15-12-9-6-3)62-60(69)54(65)48-45-42-39-36-33-30-26-23-20-17-14-11-8-5-2/h8,11,14,16-17,19-20,23,25-27,29-31,33,36-37,40,44,47,52-55,57-59,61,63-65,67-68H,4-7,9-10,12-13,15,18,21-22,24,28,32,34-35,38-39,41-43,45-46,48-51H2,1-3H3,(H,62,69)/b11-8+,17-14+,19-16-,23-20-,27-25-,30-26-,31-29-,36-33+,40-37-,47-44+. The molecule has 1 heterocycles. The van der Waals surface area contributed by atoms with Gasteiger partial charge in [0.1, 0.15) is 24.4 Å². The molecular weight excluding hydrogens is 907 g/mol. The zero-order chi connectivity index (χ0) is 52.5. The molecule has 11 heteroatoms. The fourth-order valence-electron chi connectivity index (χ4n) is 7.78. The van der Waals surface area contributed by atoms with Crippen molar-refractivity contribution in [1.82, 2.24) is 5.32 Å². The minimum Gasteiger partial charge on any atom is -0.454 e. The van der Waals surface area contributed by atoms with E-state index >= 15 is 0 Å². The van der Waals surface area contributed by atoms with Crippen LogP contribution in [0.3, 0.4) is 0 Å². The smallest absolute Gasteiger partial charge is 0.306 e. The molecule has 0 radical (unpaired) electrons. The van der Waals surface area contributed by atoms with Gasteiger partial charge in [0.25, 0.3) is 0 Å². The largest absolute Gasteiger partial charge is 0.454 e. The van der Waals surface area contributed by atoms with Crippen molar-refractivity contribution in [1.29, 1.82) is 0 Å². The van der Waals surface area contributed by atoms with E-state index in [1.807, 2.05) is 72.9 Å². The highest BCUT2D eigenvalue weighted by molar-refractivity contribution is 5.80. The van der Waals surface area contributed by atoms with Crippen LogP contribution in [0.1, 0.15) is 188 Å². The van der Waals surface area contributed by atoms with Gasteiger partial charge in [0.2, 0.25) is 5.91 Å². The first-order valence-corrected chi connectivity index (χ1v) is 27.9. The average Bonchev–Trinajstić information content (AvgIpc) is 3.38. The first-order valence-electron chi connectivity index (χ1n) is 27.9. The fourth-order valence-corrected chi connectivity index (χ4v) is 7.78. The van der Waals surface area contributed by atoms with Crippen LogP contribution in [0.4, 0.5) is 0 Å². The molecule has 0 aromatic carbocycles. The number of aliphatic hydroxyl groups excluding tert-OH is 5. The second-order valence-corrected chi connectivity index (χ2v) is 18.7. The van der Waals surface area contributed by atoms with Crippen molar-refractivity contribution in [2.24, 2.45) is 0 Å². The topological polar surface area (TPSA) is 175 Å². The molecule has 0 aromatic rings. The Kier molecular flexibility index (Phi) is 44.1. The van der Waals surface area contributed by atoms with Crippen LogP contribution in [0.15, 0.2) is 122 Å². The second kappa shape index (κ2) is 48.0. The Balaban J connectivity index is 2.83. The number of nitrogens with one attached hydrogen (secondary N) is 1. The van der Waals surface area contributed by atoms with Crippen molar-refractivity contribution in [3.05, 3.63) is 122 Å². The molecule has 0 saturated carbocycles. The number of amides is 1. The Morgan fingerprint density at radius 1 is 0.569 bits per heavy atom. The third kappa shape index (κ3) is 36.1. The lowest BCUT2D eigenvalue weighted by Crippen LogP contribution is -2.61. The van der Waals surface area contributed by atoms with Gasteiger partial charge >= 0.3 is 5.97 Å². The zero-order valence-electron chi connectivity index (χ0n) is 44.7. The summed E-state index contributed by atoms with van der Waals surface area (Å²) in [7, 11) is 0. The van der Waals surface area contributed by atoms with E-state index in [9.17, 15) is 35.1 Å². The molecule has 1 aliphatic heterocycles. The average molecular weight is 1010 g/mol. The number of rotatable bonds is 44. The summed E-state index contributed by atoms with van der Waals surface area (Å²) in [6.45, 7) is 5.52. The first kappa shape index (κ1) is 66.1. The summed E-state index contributed by atoms with van der Waals surface area (Å²) in [5.74, 6) is -1.31. The zero-order valence-corrected chi connectivity index (χ0v) is 44.7. The molecule has 1 fully saturated rings. The molecule has 0 bridgehead atoms. The van der Waals surface area contributed by atoms with Gasteiger partial charge in [-0.3, -0.25) is 9.59 Å². The molecule has 1 aliphatic rings. The second-order valence-electron chi connectivity index (χ2n) is 18.7. The van der Waals surface area contributed by atoms with E-state index < -0.39 is 67.4 Å². The highest BCUT2D eigenvalue weighted by atomic mass is 16.7. The van der Waals surface area contributed by atoms with Crippen LogP contribution in [0, 0.1) is 0 Å². The number of aliphatic hydroxyl groups is 5. The Bertz CT molecular complexity index is 1630. The Morgan fingerprint density at radius 3 is 1.65 bits per heavy atom. The predicted molar refractivity (Wildman–Crippen MR) is 296 cm³/mol. The lowest BCUT2D eigenvalue weighted by Gasteiger charge is -2.41. The number of hydrogen-bond donors (Lipinski definition) is 6. The third-order valence-electron chi connectivity index (χ3n) is 12.2. The van der Waals surface area contributed by atoms with Gasteiger partial charge in [-0.05, 0) is 83.5 Å². The summed E-state index contributed by atoms with van der Waals surface area (Å²) in [5, 5.41) is 56.7. The van der Waals surface area contributed by atoms with Gasteiger partial charge in [0, 0.05) is 6.42 Å². The fraction of sp³-hybridized carbons (Fsp3) is 0.639. The maximum Gasteiger partial charge on any atom is 0.306 e. The molecule has 72 heavy (non-hydrogen) atoms. The molecule has 1 saturated heterocycles. The van der Waals surface area contributed by atoms with Gasteiger partial charge in [-0.15, -0.1) is 0 Å². The van der Waals surface area contributed by atoms with E-state index in [2.05, 4.69) is 68.6 Å². The Hall–Kier alpha value is -3.94. The van der Waals surface area contributed by atoms with Crippen LogP contribution in [0.25, 0.3) is 0 Å². The quantitative estimate of drug-likeness (QED) is 0.0149. The molecule has 1 rings (SSSR count). The molecule has 8 atom stereocenters. The molecule has 0 aliphatic carbocycles. The SMILES string of the molecule is CC/C=C/C=C/C=C\C=C/C=C/CCCCC(O)C(=O)NC(COC1OC(CO)C(O)C(O)C1OC(=O)CCC/C=C\C/C=C\C/C=C\C/C=C\CCCCC)C(O)/C=C/CCCCCCCCCCCC. The number of ether oxygens (including phenoxy) is 3. The van der Waals surface area contributed by atoms with E-state index in [1.165, 1.54) is 64.2 Å². The van der Waals surface area contributed by atoms with Crippen molar-refractivity contribution >= 4 is 11.9 Å². The van der Waals surface area contributed by atoms with Crippen LogP contribution in [-0.4, -0.2) is 99.6 Å². The molecule has 0 spiro atoms. The highest BCUT2D eigenvalue weighted by Crippen LogP contribution is 2.26. The number of hydrogen-bond acceptors (Lipinski definition) is 10. The number of unbranched alkanes of at least 4 members (excludes halogenated alkanes) is 16. The summed E-state index contributed by atoms with van der Waals surface area (Å²) >= 11 is 0. The van der Waals surface area contributed by atoms with Crippen LogP contribution in [0.2, 0.25) is 0 Å². The Morgan fingerprint density at radius 2 is 1.06 bits per heavy atom. The summed E-state index contributed by atoms with van der Waals surface area (Å²) in [5.41, 5.74) is 0. The summed E-state index contributed by atoms with van der Waals surface area (Å²) in [6, 6.07) is -1.06. The highest BCUT2D eigenvalue weighted by Gasteiger charge is 2.47. The minimum absolute atomic E-state index is 0.0349. The minimum atomic E-state index is -1.65. The van der Waals surface area contributed by atoms with Gasteiger partial charge in [-0.25, -0.2) is 0 Å². The van der Waals surface area contributed by atoms with Crippen LogP contribution >= 0.6 is 0 Å². The molecule has 1 amide bonds. The van der Waals surface area contributed by atoms with Gasteiger partial charge in [-0.1, -0.05) is 219 Å². The molecule has 11 nitrogen and oxygen atoms in total. The van der Waals surface area contributed by atoms with Gasteiger partial charge in [0.15, 0.2) is 12.4 Å². The van der Waals surface area contributed by atoms with E-state index in [0.29, 0.717) is 19.3 Å². The normalized spacial score (nSPS) is 20.5. The van der Waals surface area contributed by atoms with Crippen LogP contribution in [-0.2, 0) is 23.8 Å². The van der Waals surface area contributed by atoms with Gasteiger partial charge < -0.3 is 45.1 Å². The molecule has 0 aromatic heterocycles. The maximum atomic E-state index is 13.3. The first-order chi connectivity index (χ1) is 35.2. The number of allylic oxidation sites excluding steroid dienone is 19. The van der Waals surface area contributed by atoms with Crippen molar-refractivity contribution in [3.63, 3.8) is 0 Å². The van der Waals surface area contributed by atoms with Crippen molar-refractivity contribution in [3.8, 4) is 0 Å². The van der Waals surface area contributed by atoms with Crippen molar-refractivity contribution in [2.45, 2.75) is 237 Å². The number of carbonyl (C=O) groups is 2. The van der Waals surface area contributed by atoms with E-state index in [-0.39, 0.29) is 19.4 Å². The van der Waals surface area contributed by atoms with Gasteiger partial charge in [0.05, 0.1) is 25.4 Å². The lowest BCUT2D eigenvalue weighted by molar-refractivity contribution is -0.305. The molecule has 408 valence electrons. The number of carbonyl (C=O) groups excluding carboxylic acids is 2. The molecule has 8 unspecified atom stereocenters. The number of esters is 1. The van der Waals surface area contributed by atoms with Crippen LogP contribution in [0.5, 0.6) is 0 Å². The van der Waals surface area contributed by atoms with Crippen molar-refractivity contribution < 1.29 is 49.3 Å². The predicted octanol–water partition coefficient (Wildman–Crippen LogP) is 12.3. The molecule has 6 N–H and O–H groups in total. The van der Waals surface area contributed by atoms with E-state index in [1.54, 1.807) is 6.08 Å². The summed E-state index contributed by atoms with van der Waals surface area (Å²) in [4.78, 5) is 26.4. The summed E-state index contributed by atoms with van der Waals surface area (Å²) in [6.07, 6.45) is 55.3. The van der Waals surface area contributed by atoms with Crippen LogP contribution < -0.4 is 5.32 Å². The summed E-state index contributed by atoms with van der Waals surface area (Å²) < 4.78 is 17.5. The monoisotopic (exact) mass is 1010 g/mol. The van der Waals surface area contributed by atoms with Gasteiger partial charge in [-0.2, -0.15) is 0 Å². The third-order valence-corrected chi connectivity index (χ3v) is 12.2. The van der Waals surface area contributed by atoms with E-state index in [0.717, 1.165) is 70.6 Å².